The van der Waals surface area contributed by atoms with Crippen LogP contribution < -0.4 is 15.1 Å². The van der Waals surface area contributed by atoms with E-state index < -0.39 is 46.2 Å². The lowest BCUT2D eigenvalue weighted by molar-refractivity contribution is -0.143. The molecule has 1 N–H and O–H groups in total. The van der Waals surface area contributed by atoms with Crippen molar-refractivity contribution in [2.45, 2.75) is 63.5 Å². The van der Waals surface area contributed by atoms with Gasteiger partial charge in [0.25, 0.3) is 0 Å². The van der Waals surface area contributed by atoms with Gasteiger partial charge in [0.05, 0.1) is 28.4 Å². The van der Waals surface area contributed by atoms with Crippen LogP contribution >= 0.6 is 0 Å². The number of rotatable bonds is 5. The summed E-state index contributed by atoms with van der Waals surface area (Å²) in [6, 6.07) is 7.81. The van der Waals surface area contributed by atoms with E-state index in [1.165, 1.54) is 44.1 Å². The number of nitrogens with one attached hydrogen (secondary N) is 1. The summed E-state index contributed by atoms with van der Waals surface area (Å²) >= 11 is 0. The molecule has 2 aliphatic heterocycles. The van der Waals surface area contributed by atoms with E-state index in [4.69, 9.17) is 0 Å². The molecule has 2 aliphatic rings. The molecule has 0 aliphatic carbocycles. The molecule has 3 heterocycles. The minimum absolute atomic E-state index is 0.0359. The molecule has 0 saturated carbocycles. The number of halogens is 7. The molecule has 1 amide bonds. The topological polar surface area (TPSA) is 48.5 Å². The molecule has 1 aromatic heterocycles. The van der Waals surface area contributed by atoms with E-state index in [1.54, 1.807) is 19.1 Å². The number of benzene rings is 2. The average Bonchev–Trinajstić information content (AvgIpc) is 3.27. The maximum atomic E-state index is 14.0. The normalized spacial score (nSPS) is 19.1. The van der Waals surface area contributed by atoms with E-state index in [0.717, 1.165) is 25.9 Å². The van der Waals surface area contributed by atoms with Gasteiger partial charge < -0.3 is 15.1 Å². The number of amides is 1. The molecule has 2 bridgehead atoms. The Labute approximate surface area is 244 Å². The van der Waals surface area contributed by atoms with Crippen LogP contribution in [0, 0.1) is 12.7 Å². The zero-order valence-corrected chi connectivity index (χ0v) is 24.0. The Morgan fingerprint density at radius 3 is 1.98 bits per heavy atom. The summed E-state index contributed by atoms with van der Waals surface area (Å²) < 4.78 is 95.6. The fourth-order valence-electron chi connectivity index (χ4n) is 5.97. The fourth-order valence-corrected chi connectivity index (χ4v) is 5.97. The van der Waals surface area contributed by atoms with Crippen molar-refractivity contribution in [3.8, 4) is 11.1 Å². The third-order valence-electron chi connectivity index (χ3n) is 8.40. The van der Waals surface area contributed by atoms with Crippen LogP contribution in [0.4, 0.5) is 42.2 Å². The summed E-state index contributed by atoms with van der Waals surface area (Å²) in [5, 5.41) is 3.55. The van der Waals surface area contributed by atoms with Crippen molar-refractivity contribution < 1.29 is 35.5 Å². The predicted molar refractivity (Wildman–Crippen MR) is 149 cm³/mol. The zero-order chi connectivity index (χ0) is 31.5. The summed E-state index contributed by atoms with van der Waals surface area (Å²) in [5.41, 5.74) is -3.26. The van der Waals surface area contributed by atoms with Crippen LogP contribution in [0.15, 0.2) is 48.7 Å². The van der Waals surface area contributed by atoms with Crippen molar-refractivity contribution >= 4 is 17.4 Å². The molecule has 5 nitrogen and oxygen atoms in total. The van der Waals surface area contributed by atoms with Gasteiger partial charge in [0.2, 0.25) is 5.91 Å². The smallest absolute Gasteiger partial charge is 0.353 e. The lowest BCUT2D eigenvalue weighted by Crippen LogP contribution is -2.51. The van der Waals surface area contributed by atoms with E-state index in [2.05, 4.69) is 15.2 Å². The highest BCUT2D eigenvalue weighted by atomic mass is 19.4. The second-order valence-corrected chi connectivity index (χ2v) is 11.8. The van der Waals surface area contributed by atoms with Gasteiger partial charge in [0.1, 0.15) is 11.6 Å². The Hall–Kier alpha value is -3.67. The van der Waals surface area contributed by atoms with Crippen molar-refractivity contribution in [1.29, 1.82) is 0 Å². The Kier molecular flexibility index (Phi) is 7.73. The highest BCUT2D eigenvalue weighted by Gasteiger charge is 2.41. The lowest BCUT2D eigenvalue weighted by atomic mass is 9.81. The number of carbonyl (C=O) groups excluding carboxylic acids is 1. The van der Waals surface area contributed by atoms with E-state index in [9.17, 15) is 35.5 Å². The van der Waals surface area contributed by atoms with Gasteiger partial charge in [-0.2, -0.15) is 26.3 Å². The Balaban J connectivity index is 1.58. The van der Waals surface area contributed by atoms with Crippen LogP contribution in [0.3, 0.4) is 0 Å². The number of hydrogen-bond acceptors (Lipinski definition) is 4. The van der Waals surface area contributed by atoms with Gasteiger partial charge >= 0.3 is 12.4 Å². The zero-order valence-electron chi connectivity index (χ0n) is 24.0. The van der Waals surface area contributed by atoms with Gasteiger partial charge in [-0.1, -0.05) is 6.07 Å². The van der Waals surface area contributed by atoms with Crippen LogP contribution in [0.5, 0.6) is 0 Å². The molecular formula is C31H31F7N4O. The van der Waals surface area contributed by atoms with Crippen LogP contribution in [-0.2, 0) is 22.6 Å². The van der Waals surface area contributed by atoms with E-state index in [-0.39, 0.29) is 11.8 Å². The third-order valence-corrected chi connectivity index (χ3v) is 8.40. The maximum Gasteiger partial charge on any atom is 0.416 e. The summed E-state index contributed by atoms with van der Waals surface area (Å²) in [7, 11) is 1.40. The molecule has 2 aromatic carbocycles. The molecule has 230 valence electrons. The molecule has 2 atom stereocenters. The van der Waals surface area contributed by atoms with Crippen LogP contribution in [0.25, 0.3) is 11.1 Å². The molecule has 43 heavy (non-hydrogen) atoms. The number of fused-ring (bicyclic) bond motifs is 2. The summed E-state index contributed by atoms with van der Waals surface area (Å²) in [6.07, 6.45) is -6.56. The SMILES string of the molecule is Cc1cc(F)ccc1-c1cc(N2C[C@H]3CC[C@@H](C2)N3)ncc1N(C)C(=O)C(C)(C)c1cc(C(F)(F)F)cc(C(F)(F)F)c1. The van der Waals surface area contributed by atoms with E-state index >= 15 is 0 Å². The number of aryl methyl sites for hydroxylation is 1. The van der Waals surface area contributed by atoms with Crippen molar-refractivity contribution in [2.24, 2.45) is 0 Å². The molecule has 0 radical (unpaired) electrons. The van der Waals surface area contributed by atoms with Crippen LogP contribution in [-0.4, -0.2) is 43.1 Å². The van der Waals surface area contributed by atoms with E-state index in [0.29, 0.717) is 46.7 Å². The molecule has 2 saturated heterocycles. The summed E-state index contributed by atoms with van der Waals surface area (Å²) in [5.74, 6) is -0.559. The molecule has 0 unspecified atom stereocenters. The first kappa shape index (κ1) is 30.8. The molecule has 5 rings (SSSR count). The van der Waals surface area contributed by atoms with Crippen LogP contribution in [0.1, 0.15) is 48.9 Å². The number of carbonyl (C=O) groups is 1. The molecule has 2 fully saturated rings. The number of aromatic nitrogens is 1. The second kappa shape index (κ2) is 10.8. The standard InChI is InChI=1S/C31H31F7N4O/c1-17-9-21(32)5-8-24(17)25-13-27(42-15-22-6-7-23(16-42)40-22)39-14-26(25)41(4)28(43)29(2,3)18-10-19(30(33,34)35)12-20(11-18)31(36,37)38/h5,8-14,22-23,40H,6-7,15-16H2,1-4H3/t22-,23+. The van der Waals surface area contributed by atoms with E-state index in [1.807, 2.05) is 0 Å². The predicted octanol–water partition coefficient (Wildman–Crippen LogP) is 7.11. The molecule has 3 aromatic rings. The van der Waals surface area contributed by atoms with Crippen molar-refractivity contribution in [2.75, 3.05) is 29.9 Å². The molecule has 0 spiro atoms. The van der Waals surface area contributed by atoms with Gasteiger partial charge in [-0.3, -0.25) is 4.79 Å². The average molecular weight is 609 g/mol. The Morgan fingerprint density at radius 2 is 1.44 bits per heavy atom. The summed E-state index contributed by atoms with van der Waals surface area (Å²) in [4.78, 5) is 21.9. The maximum absolute atomic E-state index is 14.0. The van der Waals surface area contributed by atoms with Crippen molar-refractivity contribution in [1.82, 2.24) is 10.3 Å². The first-order valence-electron chi connectivity index (χ1n) is 13.8. The number of hydrogen-bond donors (Lipinski definition) is 1. The Bertz CT molecular complexity index is 1510. The largest absolute Gasteiger partial charge is 0.416 e. The monoisotopic (exact) mass is 608 g/mol. The second-order valence-electron chi connectivity index (χ2n) is 11.8. The fraction of sp³-hybridized carbons (Fsp3) is 0.419. The number of alkyl halides is 6. The number of likely N-dealkylation sites (N-methyl/N-ethyl adjacent to an activating group) is 1. The highest BCUT2D eigenvalue weighted by Crippen LogP contribution is 2.41. The number of piperazine rings is 1. The third kappa shape index (κ3) is 6.07. The summed E-state index contributed by atoms with van der Waals surface area (Å²) in [6.45, 7) is 5.72. The first-order valence-corrected chi connectivity index (χ1v) is 13.8. The number of nitrogens with zero attached hydrogens (tertiary/aromatic N) is 3. The lowest BCUT2D eigenvalue weighted by Gasteiger charge is -2.35. The molecular weight excluding hydrogens is 577 g/mol. The molecule has 12 heteroatoms. The van der Waals surface area contributed by atoms with Gasteiger partial charge in [0.15, 0.2) is 0 Å². The highest BCUT2D eigenvalue weighted by molar-refractivity contribution is 6.03. The van der Waals surface area contributed by atoms with Gasteiger partial charge in [-0.15, -0.1) is 0 Å². The number of anilines is 2. The van der Waals surface area contributed by atoms with Crippen molar-refractivity contribution in [3.63, 3.8) is 0 Å². The van der Waals surface area contributed by atoms with Crippen LogP contribution in [0.2, 0.25) is 0 Å². The van der Waals surface area contributed by atoms with Gasteiger partial charge in [-0.05, 0) is 86.7 Å². The van der Waals surface area contributed by atoms with Gasteiger partial charge in [-0.25, -0.2) is 9.37 Å². The quantitative estimate of drug-likeness (QED) is 0.314. The first-order chi connectivity index (χ1) is 19.9. The Morgan fingerprint density at radius 1 is 0.884 bits per heavy atom. The van der Waals surface area contributed by atoms with Gasteiger partial charge in [0, 0.05) is 37.8 Å². The number of pyridine rings is 1. The van der Waals surface area contributed by atoms with Crippen molar-refractivity contribution in [3.05, 3.63) is 76.7 Å². The minimum Gasteiger partial charge on any atom is -0.353 e. The minimum atomic E-state index is -5.06.